The summed E-state index contributed by atoms with van der Waals surface area (Å²) in [6, 6.07) is -0.691. The van der Waals surface area contributed by atoms with Crippen molar-refractivity contribution >= 4 is 17.5 Å². The second-order valence-corrected chi connectivity index (χ2v) is 5.03. The monoisotopic (exact) mass is 311 g/mol. The third kappa shape index (κ3) is 3.27. The van der Waals surface area contributed by atoms with E-state index in [0.717, 1.165) is 6.42 Å². The van der Waals surface area contributed by atoms with Crippen LogP contribution in [0.2, 0.25) is 0 Å². The van der Waals surface area contributed by atoms with Gasteiger partial charge >= 0.3 is 17.2 Å². The Morgan fingerprint density at radius 2 is 1.37 bits per heavy atom. The molecule has 19 heavy (non-hydrogen) atoms. The molecule has 1 aliphatic carbocycles. The number of carbonyl (C=O) groups excluding carboxylic acids is 1. The molecule has 9 heteroatoms. The van der Waals surface area contributed by atoms with Crippen LogP contribution in [0.4, 0.5) is 26.3 Å². The van der Waals surface area contributed by atoms with Crippen molar-refractivity contribution in [2.45, 2.75) is 55.4 Å². The molecule has 1 amide bonds. The summed E-state index contributed by atoms with van der Waals surface area (Å²) in [4.78, 5) is 6.45. The lowest BCUT2D eigenvalue weighted by atomic mass is 9.94. The molecule has 112 valence electrons. The van der Waals surface area contributed by atoms with Gasteiger partial charge < -0.3 is 5.32 Å². The highest BCUT2D eigenvalue weighted by molar-refractivity contribution is 6.36. The minimum absolute atomic E-state index is 0.356. The second-order valence-electron chi connectivity index (χ2n) is 4.46. The molecule has 0 saturated heterocycles. The van der Waals surface area contributed by atoms with Crippen LogP contribution >= 0.6 is 11.6 Å². The maximum absolute atomic E-state index is 12.5. The minimum Gasteiger partial charge on any atom is -0.351 e. The highest BCUT2D eigenvalue weighted by Gasteiger charge is 2.75. The van der Waals surface area contributed by atoms with Crippen LogP contribution in [-0.2, 0) is 4.79 Å². The van der Waals surface area contributed by atoms with Gasteiger partial charge in [0.2, 0.25) is 0 Å². The van der Waals surface area contributed by atoms with E-state index in [1.165, 1.54) is 0 Å². The van der Waals surface area contributed by atoms with Crippen LogP contribution in [0, 0.1) is 0 Å². The molecule has 1 aliphatic rings. The summed E-state index contributed by atoms with van der Waals surface area (Å²) in [6.07, 6.45) is -8.96. The standard InChI is InChI=1S/C10H12ClF6NO/c11-8(9(12,13)14,10(15,16)17)7(19)18-6-4-2-1-3-5-6/h6H,1-5H2,(H,18,19). The van der Waals surface area contributed by atoms with Gasteiger partial charge in [-0.3, -0.25) is 4.79 Å². The zero-order valence-corrected chi connectivity index (χ0v) is 10.4. The molecule has 1 fully saturated rings. The lowest BCUT2D eigenvalue weighted by Gasteiger charge is -2.32. The average molecular weight is 312 g/mol. The van der Waals surface area contributed by atoms with Crippen LogP contribution in [0.25, 0.3) is 0 Å². The smallest absolute Gasteiger partial charge is 0.351 e. The largest absolute Gasteiger partial charge is 0.425 e. The van der Waals surface area contributed by atoms with Crippen molar-refractivity contribution in [1.82, 2.24) is 5.32 Å². The molecule has 0 unspecified atom stereocenters. The molecule has 0 heterocycles. The van der Waals surface area contributed by atoms with Crippen LogP contribution < -0.4 is 5.32 Å². The van der Waals surface area contributed by atoms with E-state index < -0.39 is 29.2 Å². The van der Waals surface area contributed by atoms with Gasteiger partial charge in [0.05, 0.1) is 0 Å². The highest BCUT2D eigenvalue weighted by atomic mass is 35.5. The fraction of sp³-hybridized carbons (Fsp3) is 0.900. The van der Waals surface area contributed by atoms with Crippen molar-refractivity contribution in [2.75, 3.05) is 0 Å². The summed E-state index contributed by atoms with van der Waals surface area (Å²) in [5, 5.41) is 1.76. The predicted molar refractivity (Wildman–Crippen MR) is 55.7 cm³/mol. The van der Waals surface area contributed by atoms with E-state index in [2.05, 4.69) is 11.6 Å². The van der Waals surface area contributed by atoms with E-state index in [0.29, 0.717) is 25.7 Å². The number of alkyl halides is 7. The minimum atomic E-state index is -5.91. The Bertz CT molecular complexity index is 320. The Morgan fingerprint density at radius 3 is 1.74 bits per heavy atom. The molecular formula is C10H12ClF6NO. The van der Waals surface area contributed by atoms with Gasteiger partial charge in [-0.25, -0.2) is 0 Å². The lowest BCUT2D eigenvalue weighted by molar-refractivity contribution is -0.260. The van der Waals surface area contributed by atoms with Crippen LogP contribution in [-0.4, -0.2) is 29.2 Å². The SMILES string of the molecule is O=C(NC1CCCCC1)C(Cl)(C(F)(F)F)C(F)(F)F. The fourth-order valence-electron chi connectivity index (χ4n) is 1.95. The van der Waals surface area contributed by atoms with Gasteiger partial charge in [0.25, 0.3) is 5.91 Å². The number of halogens is 7. The molecule has 0 aromatic heterocycles. The molecule has 0 bridgehead atoms. The molecule has 0 aromatic carbocycles. The highest BCUT2D eigenvalue weighted by Crippen LogP contribution is 2.48. The molecule has 0 radical (unpaired) electrons. The molecule has 1 saturated carbocycles. The Kier molecular flexibility index (Phi) is 4.64. The Morgan fingerprint density at radius 1 is 0.947 bits per heavy atom. The molecule has 0 spiro atoms. The van der Waals surface area contributed by atoms with Crippen molar-refractivity contribution < 1.29 is 31.1 Å². The van der Waals surface area contributed by atoms with E-state index in [9.17, 15) is 31.1 Å². The third-order valence-corrected chi connectivity index (χ3v) is 3.63. The van der Waals surface area contributed by atoms with Gasteiger partial charge in [-0.05, 0) is 12.8 Å². The van der Waals surface area contributed by atoms with Gasteiger partial charge in [0, 0.05) is 6.04 Å². The van der Waals surface area contributed by atoms with Gasteiger partial charge in [-0.1, -0.05) is 30.9 Å². The first-order chi connectivity index (χ1) is 8.50. The van der Waals surface area contributed by atoms with Crippen LogP contribution in [0.3, 0.4) is 0 Å². The Labute approximate surface area is 110 Å². The third-order valence-electron chi connectivity index (χ3n) is 3.03. The number of amides is 1. The van der Waals surface area contributed by atoms with Crippen molar-refractivity contribution in [3.8, 4) is 0 Å². The summed E-state index contributed by atoms with van der Waals surface area (Å²) < 4.78 is 75.0. The molecule has 0 aromatic rings. The summed E-state index contributed by atoms with van der Waals surface area (Å²) >= 11 is 4.60. The quantitative estimate of drug-likeness (QED) is 0.613. The fourth-order valence-corrected chi connectivity index (χ4v) is 2.00. The zero-order valence-electron chi connectivity index (χ0n) is 9.67. The van der Waals surface area contributed by atoms with Crippen molar-refractivity contribution in [1.29, 1.82) is 0 Å². The van der Waals surface area contributed by atoms with Gasteiger partial charge in [-0.15, -0.1) is 0 Å². The topological polar surface area (TPSA) is 29.1 Å². The molecular weight excluding hydrogens is 300 g/mol. The van der Waals surface area contributed by atoms with Gasteiger partial charge in [0.1, 0.15) is 0 Å². The first-order valence-corrected chi connectivity index (χ1v) is 6.01. The zero-order chi connectivity index (χ0) is 14.9. The van der Waals surface area contributed by atoms with E-state index in [1.807, 2.05) is 0 Å². The second kappa shape index (κ2) is 5.38. The van der Waals surface area contributed by atoms with Gasteiger partial charge in [-0.2, -0.15) is 26.3 Å². The van der Waals surface area contributed by atoms with Crippen LogP contribution in [0.15, 0.2) is 0 Å². The summed E-state index contributed by atoms with van der Waals surface area (Å²) in [6.45, 7) is 0. The normalized spacial score (nSPS) is 19.3. The molecule has 2 nitrogen and oxygen atoms in total. The first kappa shape index (κ1) is 16.4. The molecule has 0 aliphatic heterocycles. The maximum atomic E-state index is 12.5. The van der Waals surface area contributed by atoms with Crippen molar-refractivity contribution in [3.05, 3.63) is 0 Å². The summed E-state index contributed by atoms with van der Waals surface area (Å²) in [7, 11) is 0. The molecule has 1 N–H and O–H groups in total. The number of rotatable bonds is 2. The van der Waals surface area contributed by atoms with E-state index in [1.54, 1.807) is 5.32 Å². The van der Waals surface area contributed by atoms with Crippen LogP contribution in [0.5, 0.6) is 0 Å². The average Bonchev–Trinajstić information content (AvgIpc) is 2.26. The number of nitrogens with one attached hydrogen (secondary N) is 1. The van der Waals surface area contributed by atoms with Crippen molar-refractivity contribution in [3.63, 3.8) is 0 Å². The summed E-state index contributed by atoms with van der Waals surface area (Å²) in [5.41, 5.74) is 0. The molecule has 0 atom stereocenters. The Balaban J connectivity index is 2.90. The van der Waals surface area contributed by atoms with E-state index in [-0.39, 0.29) is 0 Å². The van der Waals surface area contributed by atoms with E-state index in [4.69, 9.17) is 0 Å². The number of hydrogen-bond donors (Lipinski definition) is 1. The summed E-state index contributed by atoms with van der Waals surface area (Å²) in [5.74, 6) is -2.25. The van der Waals surface area contributed by atoms with E-state index >= 15 is 0 Å². The predicted octanol–water partition coefficient (Wildman–Crippen LogP) is 3.54. The maximum Gasteiger partial charge on any atom is 0.425 e. The number of carbonyl (C=O) groups is 1. The van der Waals surface area contributed by atoms with Gasteiger partial charge in [0.15, 0.2) is 0 Å². The Hall–Kier alpha value is -0.660. The first-order valence-electron chi connectivity index (χ1n) is 5.63. The molecule has 1 rings (SSSR count). The number of hydrogen-bond acceptors (Lipinski definition) is 1. The van der Waals surface area contributed by atoms with Crippen LogP contribution in [0.1, 0.15) is 32.1 Å². The lowest BCUT2D eigenvalue weighted by Crippen LogP contribution is -2.63. The van der Waals surface area contributed by atoms with Crippen molar-refractivity contribution in [2.24, 2.45) is 0 Å².